The topological polar surface area (TPSA) is 88.9 Å². The summed E-state index contributed by atoms with van der Waals surface area (Å²) >= 11 is 4.76. The van der Waals surface area contributed by atoms with E-state index in [0.29, 0.717) is 23.1 Å². The molecule has 0 bridgehead atoms. The maximum atomic E-state index is 12.9. The van der Waals surface area contributed by atoms with E-state index < -0.39 is 0 Å². The first kappa shape index (κ1) is 26.7. The summed E-state index contributed by atoms with van der Waals surface area (Å²) in [4.78, 5) is 25.5. The van der Waals surface area contributed by atoms with Crippen molar-refractivity contribution in [3.8, 4) is 0 Å². The van der Waals surface area contributed by atoms with E-state index in [1.165, 1.54) is 11.8 Å². The van der Waals surface area contributed by atoms with Crippen LogP contribution in [0, 0.1) is 19.8 Å². The van der Waals surface area contributed by atoms with Crippen molar-refractivity contribution in [3.05, 3.63) is 82.1 Å². The minimum atomic E-state index is -0.356. The van der Waals surface area contributed by atoms with Crippen LogP contribution in [0.1, 0.15) is 47.2 Å². The lowest BCUT2D eigenvalue weighted by atomic mass is 10.0. The molecular formula is C26H30BrN5O2S. The standard InChI is InChI=1S/C26H30BrN5O2S/c1-6-13-32-24(23(16(2)3)29-25(34)19-9-7-17(4)8-10-19)30-31-26(32)35-15-22(33)28-20-11-12-21(27)18(5)14-20/h6-12,14,16,23H,1,13,15H2,2-5H3,(H,28,33)(H,29,34)/t23-/m1/s1. The minimum Gasteiger partial charge on any atom is -0.342 e. The highest BCUT2D eigenvalue weighted by atomic mass is 79.9. The first-order valence-corrected chi connectivity index (χ1v) is 13.1. The Bertz CT molecular complexity index is 1210. The van der Waals surface area contributed by atoms with Crippen LogP contribution in [-0.2, 0) is 11.3 Å². The highest BCUT2D eigenvalue weighted by molar-refractivity contribution is 9.10. The fourth-order valence-electron chi connectivity index (χ4n) is 3.45. The molecule has 9 heteroatoms. The molecule has 2 aromatic carbocycles. The lowest BCUT2D eigenvalue weighted by Crippen LogP contribution is -2.33. The van der Waals surface area contributed by atoms with E-state index in [0.717, 1.165) is 21.3 Å². The summed E-state index contributed by atoms with van der Waals surface area (Å²) < 4.78 is 2.89. The number of hydrogen-bond acceptors (Lipinski definition) is 5. The van der Waals surface area contributed by atoms with Gasteiger partial charge in [0.2, 0.25) is 5.91 Å². The molecule has 0 aliphatic carbocycles. The zero-order valence-corrected chi connectivity index (χ0v) is 22.7. The monoisotopic (exact) mass is 555 g/mol. The van der Waals surface area contributed by atoms with Crippen LogP contribution in [0.15, 0.2) is 64.7 Å². The molecule has 0 aliphatic heterocycles. The molecule has 1 atom stereocenters. The number of nitrogens with zero attached hydrogens (tertiary/aromatic N) is 3. The van der Waals surface area contributed by atoms with Gasteiger partial charge >= 0.3 is 0 Å². The van der Waals surface area contributed by atoms with Crippen molar-refractivity contribution >= 4 is 45.2 Å². The summed E-state index contributed by atoms with van der Waals surface area (Å²) in [7, 11) is 0. The number of anilines is 1. The Hall–Kier alpha value is -2.91. The predicted molar refractivity (Wildman–Crippen MR) is 145 cm³/mol. The molecule has 0 radical (unpaired) electrons. The van der Waals surface area contributed by atoms with E-state index >= 15 is 0 Å². The fourth-order valence-corrected chi connectivity index (χ4v) is 4.45. The molecule has 0 saturated heterocycles. The number of carbonyl (C=O) groups excluding carboxylic acids is 2. The Morgan fingerprint density at radius 1 is 1.14 bits per heavy atom. The molecule has 184 valence electrons. The summed E-state index contributed by atoms with van der Waals surface area (Å²) in [6, 6.07) is 12.8. The van der Waals surface area contributed by atoms with Gasteiger partial charge in [-0.25, -0.2) is 0 Å². The number of carbonyl (C=O) groups is 2. The van der Waals surface area contributed by atoms with E-state index in [-0.39, 0.29) is 29.5 Å². The highest BCUT2D eigenvalue weighted by Crippen LogP contribution is 2.26. The van der Waals surface area contributed by atoms with Crippen molar-refractivity contribution in [2.45, 2.75) is 45.4 Å². The Kier molecular flexibility index (Phi) is 9.28. The second-order valence-corrected chi connectivity index (χ2v) is 10.4. The van der Waals surface area contributed by atoms with Crippen LogP contribution in [0.25, 0.3) is 0 Å². The second kappa shape index (κ2) is 12.2. The van der Waals surface area contributed by atoms with Gasteiger partial charge < -0.3 is 15.2 Å². The number of aromatic nitrogens is 3. The summed E-state index contributed by atoms with van der Waals surface area (Å²) in [6.45, 7) is 12.3. The van der Waals surface area contributed by atoms with Crippen LogP contribution in [0.4, 0.5) is 5.69 Å². The van der Waals surface area contributed by atoms with Crippen LogP contribution < -0.4 is 10.6 Å². The maximum Gasteiger partial charge on any atom is 0.251 e. The summed E-state index contributed by atoms with van der Waals surface area (Å²) in [5.41, 5.74) is 3.46. The molecule has 0 fully saturated rings. The number of amides is 2. The molecule has 35 heavy (non-hydrogen) atoms. The van der Waals surface area contributed by atoms with Crippen molar-refractivity contribution in [1.29, 1.82) is 0 Å². The third-order valence-corrected chi connectivity index (χ3v) is 7.23. The van der Waals surface area contributed by atoms with E-state index in [4.69, 9.17) is 0 Å². The number of benzene rings is 2. The van der Waals surface area contributed by atoms with Crippen LogP contribution in [0.2, 0.25) is 0 Å². The summed E-state index contributed by atoms with van der Waals surface area (Å²) in [5.74, 6) is 0.562. The average molecular weight is 557 g/mol. The van der Waals surface area contributed by atoms with E-state index in [1.54, 1.807) is 6.08 Å². The molecule has 0 saturated carbocycles. The molecule has 3 aromatic rings. The van der Waals surface area contributed by atoms with Gasteiger partial charge in [0.25, 0.3) is 5.91 Å². The third-order valence-electron chi connectivity index (χ3n) is 5.38. The van der Waals surface area contributed by atoms with Gasteiger partial charge in [-0.2, -0.15) is 0 Å². The van der Waals surface area contributed by atoms with Crippen molar-refractivity contribution < 1.29 is 9.59 Å². The van der Waals surface area contributed by atoms with Crippen LogP contribution in [0.5, 0.6) is 0 Å². The summed E-state index contributed by atoms with van der Waals surface area (Å²) in [5, 5.41) is 15.3. The van der Waals surface area contributed by atoms with E-state index in [1.807, 2.05) is 74.7 Å². The minimum absolute atomic E-state index is 0.0685. The third kappa shape index (κ3) is 7.05. The summed E-state index contributed by atoms with van der Waals surface area (Å²) in [6.07, 6.45) is 1.75. The number of hydrogen-bond donors (Lipinski definition) is 2. The number of rotatable bonds is 10. The van der Waals surface area contributed by atoms with Crippen molar-refractivity contribution in [2.24, 2.45) is 5.92 Å². The quantitative estimate of drug-likeness (QED) is 0.247. The Morgan fingerprint density at radius 2 is 1.86 bits per heavy atom. The van der Waals surface area contributed by atoms with Gasteiger partial charge in [-0.1, -0.05) is 65.3 Å². The molecule has 2 N–H and O–H groups in total. The Labute approximate surface area is 218 Å². The van der Waals surface area contributed by atoms with Gasteiger partial charge in [-0.05, 0) is 55.7 Å². The SMILES string of the molecule is C=CCn1c(SCC(=O)Nc2ccc(Br)c(C)c2)nnc1[C@H](NC(=O)c1ccc(C)cc1)C(C)C. The molecule has 7 nitrogen and oxygen atoms in total. The maximum absolute atomic E-state index is 12.9. The van der Waals surface area contributed by atoms with Crippen LogP contribution in [-0.4, -0.2) is 32.3 Å². The molecule has 1 aromatic heterocycles. The predicted octanol–water partition coefficient (Wildman–Crippen LogP) is 5.70. The van der Waals surface area contributed by atoms with Gasteiger partial charge in [-0.15, -0.1) is 16.8 Å². The van der Waals surface area contributed by atoms with Gasteiger partial charge in [0.15, 0.2) is 11.0 Å². The first-order valence-electron chi connectivity index (χ1n) is 11.3. The smallest absolute Gasteiger partial charge is 0.251 e. The van der Waals surface area contributed by atoms with Gasteiger partial charge in [0.1, 0.15) is 0 Å². The van der Waals surface area contributed by atoms with E-state index in [9.17, 15) is 9.59 Å². The highest BCUT2D eigenvalue weighted by Gasteiger charge is 2.26. The van der Waals surface area contributed by atoms with Crippen molar-refractivity contribution in [2.75, 3.05) is 11.1 Å². The number of aryl methyl sites for hydroxylation is 2. The lowest BCUT2D eigenvalue weighted by molar-refractivity contribution is -0.113. The Morgan fingerprint density at radius 3 is 2.49 bits per heavy atom. The number of allylic oxidation sites excluding steroid dienone is 1. The van der Waals surface area contributed by atoms with Crippen LogP contribution >= 0.6 is 27.7 Å². The normalized spacial score (nSPS) is 11.8. The molecular weight excluding hydrogens is 526 g/mol. The number of halogens is 1. The van der Waals surface area contributed by atoms with Gasteiger partial charge in [0, 0.05) is 22.3 Å². The number of thioether (sulfide) groups is 1. The van der Waals surface area contributed by atoms with Crippen LogP contribution in [0.3, 0.4) is 0 Å². The zero-order chi connectivity index (χ0) is 25.5. The molecule has 2 amide bonds. The number of nitrogens with one attached hydrogen (secondary N) is 2. The molecule has 1 heterocycles. The first-order chi connectivity index (χ1) is 16.7. The second-order valence-electron chi connectivity index (χ2n) is 8.60. The largest absolute Gasteiger partial charge is 0.342 e. The fraction of sp³-hybridized carbons (Fsp3) is 0.308. The molecule has 0 aliphatic rings. The molecule has 3 rings (SSSR count). The molecule has 0 spiro atoms. The lowest BCUT2D eigenvalue weighted by Gasteiger charge is -2.22. The molecule has 0 unspecified atom stereocenters. The van der Waals surface area contributed by atoms with Gasteiger partial charge in [-0.3, -0.25) is 9.59 Å². The van der Waals surface area contributed by atoms with Gasteiger partial charge in [0.05, 0.1) is 11.8 Å². The van der Waals surface area contributed by atoms with Crippen molar-refractivity contribution in [1.82, 2.24) is 20.1 Å². The van der Waals surface area contributed by atoms with Crippen molar-refractivity contribution in [3.63, 3.8) is 0 Å². The van der Waals surface area contributed by atoms with E-state index in [2.05, 4.69) is 43.3 Å². The average Bonchev–Trinajstić information content (AvgIpc) is 3.21. The zero-order valence-electron chi connectivity index (χ0n) is 20.3. The Balaban J connectivity index is 1.74.